The highest BCUT2D eigenvalue weighted by molar-refractivity contribution is 5.99. The number of rotatable bonds is 5. The zero-order valence-corrected chi connectivity index (χ0v) is 23.2. The standard InChI is InChI=1S/C28H33F3N4O6/c1-14-5-6-28(20-12-33(14)26(39)22-24(37)23(36)17(25(32)38)10-34(20)22)9-21(40-13-27(2,3)4)35(41-28)11-16-18(30)7-15(29)8-19(16)31/h7-8,10,14,20-21,37H,5-6,9,11-13H2,1-4H3,(H2,32,38)/t14-,20+,21?,28-/m0/s1. The average Bonchev–Trinajstić information content (AvgIpc) is 3.17. The Hall–Kier alpha value is -3.42. The second-order valence-electron chi connectivity index (χ2n) is 12.3. The number of primary amides is 1. The van der Waals surface area contributed by atoms with Crippen LogP contribution < -0.4 is 11.2 Å². The Morgan fingerprint density at radius 2 is 1.88 bits per heavy atom. The van der Waals surface area contributed by atoms with Crippen LogP contribution >= 0.6 is 0 Å². The summed E-state index contributed by atoms with van der Waals surface area (Å²) in [6.07, 6.45) is 1.37. The Bertz CT molecular complexity index is 1450. The lowest BCUT2D eigenvalue weighted by Crippen LogP contribution is -2.52. The van der Waals surface area contributed by atoms with E-state index in [1.54, 1.807) is 0 Å². The molecule has 2 saturated heterocycles. The Labute approximate surface area is 234 Å². The molecule has 4 heterocycles. The molecule has 3 aliphatic rings. The highest BCUT2D eigenvalue weighted by atomic mass is 19.1. The topological polar surface area (TPSA) is 127 Å². The number of aromatic nitrogens is 1. The van der Waals surface area contributed by atoms with Crippen LogP contribution in [0.2, 0.25) is 0 Å². The number of nitrogens with two attached hydrogens (primary N) is 1. The summed E-state index contributed by atoms with van der Waals surface area (Å²) in [7, 11) is 0. The van der Waals surface area contributed by atoms with Crippen LogP contribution in [-0.2, 0) is 16.1 Å². The highest BCUT2D eigenvalue weighted by Gasteiger charge is 2.57. The number of amides is 2. The van der Waals surface area contributed by atoms with Gasteiger partial charge in [-0.2, -0.15) is 5.06 Å². The fraction of sp³-hybridized carbons (Fsp3) is 0.536. The molecule has 13 heteroatoms. The van der Waals surface area contributed by atoms with Gasteiger partial charge in [-0.25, -0.2) is 13.2 Å². The van der Waals surface area contributed by atoms with Crippen molar-refractivity contribution in [3.8, 4) is 5.75 Å². The second-order valence-corrected chi connectivity index (χ2v) is 12.3. The summed E-state index contributed by atoms with van der Waals surface area (Å²) < 4.78 is 50.6. The minimum atomic E-state index is -1.15. The number of halogens is 3. The summed E-state index contributed by atoms with van der Waals surface area (Å²) in [5.74, 6) is -5.76. The van der Waals surface area contributed by atoms with E-state index in [1.807, 2.05) is 27.7 Å². The fourth-order valence-corrected chi connectivity index (χ4v) is 5.89. The molecule has 1 aromatic heterocycles. The van der Waals surface area contributed by atoms with Crippen LogP contribution in [0.3, 0.4) is 0 Å². The van der Waals surface area contributed by atoms with Crippen LogP contribution in [0, 0.1) is 22.9 Å². The largest absolute Gasteiger partial charge is 0.503 e. The molecule has 0 saturated carbocycles. The molecule has 2 bridgehead atoms. The van der Waals surface area contributed by atoms with Gasteiger partial charge in [-0.15, -0.1) is 0 Å². The maximum absolute atomic E-state index is 14.7. The van der Waals surface area contributed by atoms with Crippen molar-refractivity contribution in [3.63, 3.8) is 0 Å². The van der Waals surface area contributed by atoms with Crippen LogP contribution in [0.4, 0.5) is 13.2 Å². The van der Waals surface area contributed by atoms with Gasteiger partial charge < -0.3 is 25.0 Å². The maximum atomic E-state index is 14.7. The van der Waals surface area contributed by atoms with Gasteiger partial charge in [0, 0.05) is 42.9 Å². The van der Waals surface area contributed by atoms with E-state index in [1.165, 1.54) is 14.5 Å². The summed E-state index contributed by atoms with van der Waals surface area (Å²) >= 11 is 0. The molecule has 222 valence electrons. The molecule has 1 spiro atoms. The SMILES string of the molecule is C[C@H]1CC[C@]2(CC(OCC(C)(C)C)N(Cc3c(F)cc(F)cc3F)O2)[C@H]2CN1C(=O)c1c(O)c(=O)c(C(N)=O)cn12. The monoisotopic (exact) mass is 578 g/mol. The summed E-state index contributed by atoms with van der Waals surface area (Å²) in [5.41, 5.74) is 1.74. The number of hydroxylamine groups is 2. The first-order valence-electron chi connectivity index (χ1n) is 13.4. The number of nitrogens with zero attached hydrogens (tertiary/aromatic N) is 3. The van der Waals surface area contributed by atoms with Crippen molar-refractivity contribution in [2.24, 2.45) is 11.1 Å². The Morgan fingerprint density at radius 1 is 1.22 bits per heavy atom. The van der Waals surface area contributed by atoms with Crippen molar-refractivity contribution < 1.29 is 37.4 Å². The maximum Gasteiger partial charge on any atom is 0.274 e. The van der Waals surface area contributed by atoms with Gasteiger partial charge in [-0.3, -0.25) is 19.2 Å². The molecule has 3 N–H and O–H groups in total. The average molecular weight is 579 g/mol. The Morgan fingerprint density at radius 3 is 2.49 bits per heavy atom. The number of ether oxygens (including phenoxy) is 1. The third-order valence-electron chi connectivity index (χ3n) is 8.04. The van der Waals surface area contributed by atoms with Crippen molar-refractivity contribution in [1.82, 2.24) is 14.5 Å². The van der Waals surface area contributed by atoms with Crippen LogP contribution in [0.25, 0.3) is 0 Å². The van der Waals surface area contributed by atoms with Gasteiger partial charge in [-0.05, 0) is 25.2 Å². The highest BCUT2D eigenvalue weighted by Crippen LogP contribution is 2.49. The van der Waals surface area contributed by atoms with E-state index in [9.17, 15) is 32.7 Å². The fourth-order valence-electron chi connectivity index (χ4n) is 5.89. The number of fused-ring (bicyclic) bond motifs is 5. The summed E-state index contributed by atoms with van der Waals surface area (Å²) in [6.45, 7) is 7.67. The van der Waals surface area contributed by atoms with E-state index >= 15 is 0 Å². The first-order valence-corrected chi connectivity index (χ1v) is 13.4. The second kappa shape index (κ2) is 10.1. The van der Waals surface area contributed by atoms with Gasteiger partial charge in [0.15, 0.2) is 11.4 Å². The van der Waals surface area contributed by atoms with Crippen LogP contribution in [0.5, 0.6) is 5.75 Å². The molecular formula is C28H33F3N4O6. The third kappa shape index (κ3) is 5.10. The molecular weight excluding hydrogens is 545 g/mol. The summed E-state index contributed by atoms with van der Waals surface area (Å²) in [5, 5.41) is 12.1. The van der Waals surface area contributed by atoms with Crippen LogP contribution in [0.15, 0.2) is 23.1 Å². The van der Waals surface area contributed by atoms with E-state index in [2.05, 4.69) is 0 Å². The minimum Gasteiger partial charge on any atom is -0.503 e. The molecule has 2 fully saturated rings. The van der Waals surface area contributed by atoms with Crippen molar-refractivity contribution >= 4 is 11.8 Å². The zero-order chi connectivity index (χ0) is 30.0. The lowest BCUT2D eigenvalue weighted by molar-refractivity contribution is -0.259. The quantitative estimate of drug-likeness (QED) is 0.558. The Kier molecular flexibility index (Phi) is 7.19. The molecule has 2 amide bonds. The van der Waals surface area contributed by atoms with Crippen molar-refractivity contribution in [1.29, 1.82) is 0 Å². The van der Waals surface area contributed by atoms with Gasteiger partial charge in [0.25, 0.3) is 11.8 Å². The molecule has 1 aromatic carbocycles. The van der Waals surface area contributed by atoms with Crippen molar-refractivity contribution in [2.45, 2.75) is 77.4 Å². The van der Waals surface area contributed by atoms with E-state index < -0.39 is 76.0 Å². The Balaban J connectivity index is 1.62. The molecule has 4 atom stereocenters. The molecule has 41 heavy (non-hydrogen) atoms. The smallest absolute Gasteiger partial charge is 0.274 e. The molecule has 0 aliphatic carbocycles. The summed E-state index contributed by atoms with van der Waals surface area (Å²) in [6, 6.07) is 0.141. The number of pyridine rings is 1. The number of benzene rings is 1. The van der Waals surface area contributed by atoms with E-state index in [-0.39, 0.29) is 36.7 Å². The lowest BCUT2D eigenvalue weighted by atomic mass is 9.85. The van der Waals surface area contributed by atoms with Crippen LogP contribution in [0.1, 0.15) is 79.4 Å². The first-order chi connectivity index (χ1) is 19.1. The van der Waals surface area contributed by atoms with Gasteiger partial charge in [0.2, 0.25) is 5.43 Å². The van der Waals surface area contributed by atoms with Gasteiger partial charge in [0.05, 0.1) is 19.2 Å². The predicted octanol–water partition coefficient (Wildman–Crippen LogP) is 3.21. The number of hydrogen-bond acceptors (Lipinski definition) is 7. The van der Waals surface area contributed by atoms with Gasteiger partial charge in [-0.1, -0.05) is 20.8 Å². The van der Waals surface area contributed by atoms with Crippen molar-refractivity contribution in [3.05, 3.63) is 62.8 Å². The molecule has 10 nitrogen and oxygen atoms in total. The van der Waals surface area contributed by atoms with E-state index in [4.69, 9.17) is 15.3 Å². The molecule has 2 aromatic rings. The van der Waals surface area contributed by atoms with Gasteiger partial charge >= 0.3 is 0 Å². The summed E-state index contributed by atoms with van der Waals surface area (Å²) in [4.78, 5) is 46.3. The number of carbonyl (C=O) groups is 2. The van der Waals surface area contributed by atoms with Gasteiger partial charge in [0.1, 0.15) is 34.8 Å². The molecule has 3 aliphatic heterocycles. The first kappa shape index (κ1) is 29.1. The number of aromatic hydroxyl groups is 1. The van der Waals surface area contributed by atoms with Crippen LogP contribution in [-0.4, -0.2) is 62.5 Å². The molecule has 1 unspecified atom stereocenters. The predicted molar refractivity (Wildman–Crippen MR) is 139 cm³/mol. The minimum absolute atomic E-state index is 0.104. The van der Waals surface area contributed by atoms with E-state index in [0.717, 1.165) is 6.20 Å². The normalized spacial score (nSPS) is 26.4. The lowest BCUT2D eigenvalue weighted by Gasteiger charge is -2.42. The molecule has 0 radical (unpaired) electrons. The molecule has 5 rings (SSSR count). The number of hydrogen-bond donors (Lipinski definition) is 2. The van der Waals surface area contributed by atoms with Crippen molar-refractivity contribution in [2.75, 3.05) is 13.2 Å². The number of carbonyl (C=O) groups excluding carboxylic acids is 2. The zero-order valence-electron chi connectivity index (χ0n) is 23.2. The van der Waals surface area contributed by atoms with E-state index in [0.29, 0.717) is 25.0 Å². The third-order valence-corrected chi connectivity index (χ3v) is 8.04.